The van der Waals surface area contributed by atoms with Crippen LogP contribution in [-0.2, 0) is 6.42 Å². The summed E-state index contributed by atoms with van der Waals surface area (Å²) < 4.78 is 13.3. The summed E-state index contributed by atoms with van der Waals surface area (Å²) >= 11 is 6.12. The molecule has 1 nitrogen and oxygen atoms in total. The van der Waals surface area contributed by atoms with Crippen LogP contribution in [0.2, 0.25) is 5.02 Å². The standard InChI is InChI=1S/C16H23ClFN/c1-5-16(4,11-19-10-12(2)3)9-13-8-14(18)6-7-15(13)17/h5-8,12,19H,1,9-11H2,2-4H3. The van der Waals surface area contributed by atoms with Crippen molar-refractivity contribution < 1.29 is 4.39 Å². The molecule has 1 rings (SSSR count). The molecule has 0 aliphatic carbocycles. The largest absolute Gasteiger partial charge is 0.316 e. The second-order valence-electron chi connectivity index (χ2n) is 5.80. The van der Waals surface area contributed by atoms with Crippen molar-refractivity contribution in [3.8, 4) is 0 Å². The van der Waals surface area contributed by atoms with Gasteiger partial charge in [-0.25, -0.2) is 4.39 Å². The second-order valence-corrected chi connectivity index (χ2v) is 6.20. The van der Waals surface area contributed by atoms with E-state index in [0.717, 1.165) is 18.7 Å². The van der Waals surface area contributed by atoms with Crippen molar-refractivity contribution in [2.24, 2.45) is 11.3 Å². The zero-order valence-electron chi connectivity index (χ0n) is 12.0. The van der Waals surface area contributed by atoms with E-state index in [1.54, 1.807) is 6.07 Å². The monoisotopic (exact) mass is 283 g/mol. The van der Waals surface area contributed by atoms with E-state index in [1.165, 1.54) is 12.1 Å². The van der Waals surface area contributed by atoms with E-state index < -0.39 is 0 Å². The van der Waals surface area contributed by atoms with E-state index in [0.29, 0.717) is 17.4 Å². The number of hydrogen-bond donors (Lipinski definition) is 1. The van der Waals surface area contributed by atoms with Crippen LogP contribution in [0.5, 0.6) is 0 Å². The molecule has 1 unspecified atom stereocenters. The minimum absolute atomic E-state index is 0.133. The predicted octanol–water partition coefficient (Wildman–Crippen LogP) is 4.46. The van der Waals surface area contributed by atoms with Crippen molar-refractivity contribution in [3.05, 3.63) is 47.3 Å². The third-order valence-electron chi connectivity index (χ3n) is 3.18. The van der Waals surface area contributed by atoms with E-state index in [9.17, 15) is 4.39 Å². The van der Waals surface area contributed by atoms with Crippen molar-refractivity contribution in [1.82, 2.24) is 5.32 Å². The number of benzene rings is 1. The maximum absolute atomic E-state index is 13.3. The van der Waals surface area contributed by atoms with Gasteiger partial charge in [-0.3, -0.25) is 0 Å². The molecule has 0 saturated heterocycles. The molecule has 3 heteroatoms. The van der Waals surface area contributed by atoms with Crippen LogP contribution in [0.25, 0.3) is 0 Å². The molecule has 1 N–H and O–H groups in total. The van der Waals surface area contributed by atoms with Gasteiger partial charge in [0, 0.05) is 17.0 Å². The van der Waals surface area contributed by atoms with Crippen molar-refractivity contribution in [1.29, 1.82) is 0 Å². The van der Waals surface area contributed by atoms with Crippen LogP contribution in [0.15, 0.2) is 30.9 Å². The van der Waals surface area contributed by atoms with Crippen molar-refractivity contribution >= 4 is 11.6 Å². The average Bonchev–Trinajstić information content (AvgIpc) is 2.33. The van der Waals surface area contributed by atoms with E-state index >= 15 is 0 Å². The highest BCUT2D eigenvalue weighted by molar-refractivity contribution is 6.31. The summed E-state index contributed by atoms with van der Waals surface area (Å²) in [5, 5.41) is 4.03. The molecule has 0 fully saturated rings. The third-order valence-corrected chi connectivity index (χ3v) is 3.55. The molecule has 106 valence electrons. The molecule has 19 heavy (non-hydrogen) atoms. The normalized spacial score (nSPS) is 14.4. The smallest absolute Gasteiger partial charge is 0.123 e. The quantitative estimate of drug-likeness (QED) is 0.729. The van der Waals surface area contributed by atoms with Gasteiger partial charge in [0.15, 0.2) is 0 Å². The van der Waals surface area contributed by atoms with Crippen molar-refractivity contribution in [3.63, 3.8) is 0 Å². The Morgan fingerprint density at radius 3 is 2.74 bits per heavy atom. The number of nitrogens with one attached hydrogen (secondary N) is 1. The Morgan fingerprint density at radius 2 is 2.16 bits per heavy atom. The highest BCUT2D eigenvalue weighted by atomic mass is 35.5. The van der Waals surface area contributed by atoms with Crippen LogP contribution in [0.3, 0.4) is 0 Å². The van der Waals surface area contributed by atoms with E-state index in [2.05, 4.69) is 32.7 Å². The summed E-state index contributed by atoms with van der Waals surface area (Å²) in [7, 11) is 0. The van der Waals surface area contributed by atoms with Crippen LogP contribution < -0.4 is 5.32 Å². The Labute approximate surface area is 120 Å². The van der Waals surface area contributed by atoms with Gasteiger partial charge in [-0.2, -0.15) is 0 Å². The van der Waals surface area contributed by atoms with Crippen LogP contribution in [0.1, 0.15) is 26.3 Å². The molecule has 0 radical (unpaired) electrons. The predicted molar refractivity (Wildman–Crippen MR) is 81.1 cm³/mol. The fourth-order valence-corrected chi connectivity index (χ4v) is 2.15. The highest BCUT2D eigenvalue weighted by Crippen LogP contribution is 2.28. The molecule has 1 aromatic rings. The summed E-state index contributed by atoms with van der Waals surface area (Å²) in [6.45, 7) is 12.1. The molecule has 0 amide bonds. The van der Waals surface area contributed by atoms with Gasteiger partial charge >= 0.3 is 0 Å². The lowest BCUT2D eigenvalue weighted by molar-refractivity contribution is 0.377. The third kappa shape index (κ3) is 5.33. The maximum Gasteiger partial charge on any atom is 0.123 e. The van der Waals surface area contributed by atoms with Crippen LogP contribution in [0.4, 0.5) is 4.39 Å². The molecule has 1 atom stereocenters. The van der Waals surface area contributed by atoms with Gasteiger partial charge in [0.2, 0.25) is 0 Å². The van der Waals surface area contributed by atoms with Crippen LogP contribution in [0, 0.1) is 17.2 Å². The Hall–Kier alpha value is -0.860. The summed E-state index contributed by atoms with van der Waals surface area (Å²) in [5.41, 5.74) is 0.696. The van der Waals surface area contributed by atoms with Crippen LogP contribution >= 0.6 is 11.6 Å². The van der Waals surface area contributed by atoms with Crippen LogP contribution in [-0.4, -0.2) is 13.1 Å². The van der Waals surface area contributed by atoms with E-state index in [4.69, 9.17) is 11.6 Å². The Morgan fingerprint density at radius 1 is 1.47 bits per heavy atom. The first-order valence-corrected chi connectivity index (χ1v) is 7.02. The van der Waals surface area contributed by atoms with E-state index in [1.807, 2.05) is 6.08 Å². The van der Waals surface area contributed by atoms with E-state index in [-0.39, 0.29) is 11.2 Å². The topological polar surface area (TPSA) is 12.0 Å². The first kappa shape index (κ1) is 16.2. The fourth-order valence-electron chi connectivity index (χ4n) is 1.97. The molecule has 0 bridgehead atoms. The molecule has 0 aliphatic rings. The summed E-state index contributed by atoms with van der Waals surface area (Å²) in [5.74, 6) is 0.354. The van der Waals surface area contributed by atoms with Gasteiger partial charge in [0.25, 0.3) is 0 Å². The Balaban J connectivity index is 2.74. The summed E-state index contributed by atoms with van der Waals surface area (Å²) in [4.78, 5) is 0. The van der Waals surface area contributed by atoms with Crippen molar-refractivity contribution in [2.75, 3.05) is 13.1 Å². The lowest BCUT2D eigenvalue weighted by Gasteiger charge is -2.27. The maximum atomic E-state index is 13.3. The lowest BCUT2D eigenvalue weighted by atomic mass is 9.83. The molecular formula is C16H23ClFN. The fraction of sp³-hybridized carbons (Fsp3) is 0.500. The van der Waals surface area contributed by atoms with Gasteiger partial charge in [0.05, 0.1) is 0 Å². The van der Waals surface area contributed by atoms with Gasteiger partial charge in [-0.05, 0) is 42.6 Å². The molecule has 1 aromatic carbocycles. The van der Waals surface area contributed by atoms with Gasteiger partial charge < -0.3 is 5.32 Å². The molecular weight excluding hydrogens is 261 g/mol. The van der Waals surface area contributed by atoms with Gasteiger partial charge in [-0.15, -0.1) is 6.58 Å². The minimum atomic E-state index is -0.249. The molecule has 0 aromatic heterocycles. The van der Waals surface area contributed by atoms with Gasteiger partial charge in [-0.1, -0.05) is 38.4 Å². The average molecular weight is 284 g/mol. The first-order chi connectivity index (χ1) is 8.86. The number of rotatable bonds is 7. The zero-order valence-corrected chi connectivity index (χ0v) is 12.7. The highest BCUT2D eigenvalue weighted by Gasteiger charge is 2.22. The number of halogens is 2. The second kappa shape index (κ2) is 7.06. The molecule has 0 aliphatic heterocycles. The summed E-state index contributed by atoms with van der Waals surface area (Å²) in [6.07, 6.45) is 2.60. The Bertz CT molecular complexity index is 431. The zero-order chi connectivity index (χ0) is 14.5. The molecule has 0 heterocycles. The lowest BCUT2D eigenvalue weighted by Crippen LogP contribution is -2.34. The Kier molecular flexibility index (Phi) is 6.02. The number of hydrogen-bond acceptors (Lipinski definition) is 1. The molecule has 0 spiro atoms. The minimum Gasteiger partial charge on any atom is -0.316 e. The van der Waals surface area contributed by atoms with Crippen molar-refractivity contribution in [2.45, 2.75) is 27.2 Å². The molecule has 0 saturated carbocycles. The summed E-state index contributed by atoms with van der Waals surface area (Å²) in [6, 6.07) is 4.50. The SMILES string of the molecule is C=CC(C)(CNCC(C)C)Cc1cc(F)ccc1Cl. The first-order valence-electron chi connectivity index (χ1n) is 6.64. The van der Waals surface area contributed by atoms with Gasteiger partial charge in [0.1, 0.15) is 5.82 Å².